The maximum absolute atomic E-state index is 15.0. The first-order valence-corrected chi connectivity index (χ1v) is 10.1. The lowest BCUT2D eigenvalue weighted by molar-refractivity contribution is -0.199. The lowest BCUT2D eigenvalue weighted by Crippen LogP contribution is -2.76. The van der Waals surface area contributed by atoms with Crippen molar-refractivity contribution in [3.63, 3.8) is 0 Å². The fourth-order valence-electron chi connectivity index (χ4n) is 6.57. The first-order chi connectivity index (χ1) is 12.6. The van der Waals surface area contributed by atoms with Gasteiger partial charge in [-0.2, -0.15) is 0 Å². The molecule has 6 rings (SSSR count). The van der Waals surface area contributed by atoms with Gasteiger partial charge in [0, 0.05) is 18.2 Å². The number of ether oxygens (including phenoxy) is 2. The van der Waals surface area contributed by atoms with Crippen molar-refractivity contribution in [1.29, 1.82) is 0 Å². The van der Waals surface area contributed by atoms with E-state index in [0.717, 1.165) is 37.4 Å². The molecule has 0 aromatic heterocycles. The van der Waals surface area contributed by atoms with Crippen molar-refractivity contribution in [3.05, 3.63) is 23.3 Å². The Morgan fingerprint density at radius 2 is 2.15 bits per heavy atom. The number of rotatable bonds is 3. The molecule has 5 aliphatic rings. The predicted octanol–water partition coefficient (Wildman–Crippen LogP) is 2.60. The van der Waals surface area contributed by atoms with E-state index in [0.29, 0.717) is 24.3 Å². The standard InChI is InChI=1S/C21H26FNO3/c1-25-15-5-4-13-10-16-21(24)7-6-14(22)19-20(21,17(13)18(15)26-19)8-9-23(16)11-12-2-3-12/h4-5,12,14,16,19,24H,2-3,6-11H2,1H3/t14?,16-,19+,20+,21-/m0/s1. The van der Waals surface area contributed by atoms with E-state index < -0.39 is 23.3 Å². The van der Waals surface area contributed by atoms with E-state index in [2.05, 4.69) is 11.0 Å². The fraction of sp³-hybridized carbons (Fsp3) is 0.714. The Bertz CT molecular complexity index is 781. The van der Waals surface area contributed by atoms with E-state index >= 15 is 4.39 Å². The highest BCUT2D eigenvalue weighted by Gasteiger charge is 2.73. The van der Waals surface area contributed by atoms with Crippen LogP contribution >= 0.6 is 0 Å². The highest BCUT2D eigenvalue weighted by Crippen LogP contribution is 2.65. The molecule has 1 spiro atoms. The van der Waals surface area contributed by atoms with Crippen molar-refractivity contribution in [2.75, 3.05) is 20.2 Å². The zero-order valence-corrected chi connectivity index (χ0v) is 15.2. The summed E-state index contributed by atoms with van der Waals surface area (Å²) in [4.78, 5) is 2.50. The summed E-state index contributed by atoms with van der Waals surface area (Å²) >= 11 is 0. The van der Waals surface area contributed by atoms with E-state index in [1.807, 2.05) is 6.07 Å². The van der Waals surface area contributed by atoms with Gasteiger partial charge in [-0.3, -0.25) is 4.90 Å². The molecule has 5 atom stereocenters. The molecule has 26 heavy (non-hydrogen) atoms. The van der Waals surface area contributed by atoms with Crippen molar-refractivity contribution >= 4 is 0 Å². The van der Waals surface area contributed by atoms with Gasteiger partial charge in [0.25, 0.3) is 0 Å². The number of aliphatic hydroxyl groups is 1. The summed E-state index contributed by atoms with van der Waals surface area (Å²) < 4.78 is 26.8. The van der Waals surface area contributed by atoms with Gasteiger partial charge in [-0.1, -0.05) is 6.07 Å². The maximum Gasteiger partial charge on any atom is 0.166 e. The molecule has 1 aromatic carbocycles. The molecule has 140 valence electrons. The molecule has 3 aliphatic carbocycles. The minimum absolute atomic E-state index is 0.0716. The molecule has 1 saturated heterocycles. The minimum Gasteiger partial charge on any atom is -0.493 e. The lowest BCUT2D eigenvalue weighted by atomic mass is 9.49. The second kappa shape index (κ2) is 4.93. The van der Waals surface area contributed by atoms with E-state index in [-0.39, 0.29) is 6.04 Å². The summed E-state index contributed by atoms with van der Waals surface area (Å²) in [6.07, 6.45) is 3.49. The monoisotopic (exact) mass is 359 g/mol. The van der Waals surface area contributed by atoms with Crippen LogP contribution in [0.15, 0.2) is 12.1 Å². The third kappa shape index (κ3) is 1.68. The smallest absolute Gasteiger partial charge is 0.166 e. The molecular weight excluding hydrogens is 333 g/mol. The van der Waals surface area contributed by atoms with Crippen LogP contribution in [0.25, 0.3) is 0 Å². The van der Waals surface area contributed by atoms with Gasteiger partial charge in [-0.15, -0.1) is 0 Å². The number of hydrogen-bond donors (Lipinski definition) is 1. The van der Waals surface area contributed by atoms with Gasteiger partial charge in [0.15, 0.2) is 11.5 Å². The molecule has 5 heteroatoms. The number of hydrogen-bond acceptors (Lipinski definition) is 4. The molecule has 2 aliphatic heterocycles. The summed E-state index contributed by atoms with van der Waals surface area (Å²) in [5.41, 5.74) is 0.742. The van der Waals surface area contributed by atoms with Gasteiger partial charge < -0.3 is 14.6 Å². The van der Waals surface area contributed by atoms with E-state index in [1.54, 1.807) is 7.11 Å². The van der Waals surface area contributed by atoms with Gasteiger partial charge in [-0.25, -0.2) is 4.39 Å². The van der Waals surface area contributed by atoms with Crippen LogP contribution in [0.4, 0.5) is 4.39 Å². The molecule has 1 aromatic rings. The molecule has 4 nitrogen and oxygen atoms in total. The van der Waals surface area contributed by atoms with Gasteiger partial charge in [0.05, 0.1) is 18.1 Å². The number of halogens is 1. The predicted molar refractivity (Wildman–Crippen MR) is 94.6 cm³/mol. The first-order valence-electron chi connectivity index (χ1n) is 10.1. The Labute approximate surface area is 153 Å². The number of piperidine rings is 1. The van der Waals surface area contributed by atoms with Crippen molar-refractivity contribution < 1.29 is 19.0 Å². The average Bonchev–Trinajstić information content (AvgIpc) is 3.37. The highest BCUT2D eigenvalue weighted by molar-refractivity contribution is 5.62. The van der Waals surface area contributed by atoms with Crippen LogP contribution in [-0.4, -0.2) is 54.1 Å². The number of nitrogens with zero attached hydrogens (tertiary/aromatic N) is 1. The second-order valence-corrected chi connectivity index (χ2v) is 9.03. The number of methoxy groups -OCH3 is 1. The summed E-state index contributed by atoms with van der Waals surface area (Å²) in [5, 5.41) is 12.1. The van der Waals surface area contributed by atoms with E-state index in [9.17, 15) is 5.11 Å². The topological polar surface area (TPSA) is 41.9 Å². The zero-order valence-electron chi connectivity index (χ0n) is 15.2. The first kappa shape index (κ1) is 15.7. The Balaban J connectivity index is 1.56. The number of likely N-dealkylation sites (tertiary alicyclic amines) is 1. The van der Waals surface area contributed by atoms with Gasteiger partial charge >= 0.3 is 0 Å². The van der Waals surface area contributed by atoms with Crippen LogP contribution in [0.5, 0.6) is 11.5 Å². The molecule has 3 fully saturated rings. The normalized spacial score (nSPS) is 43.0. The zero-order chi connectivity index (χ0) is 17.7. The van der Waals surface area contributed by atoms with Gasteiger partial charge in [0.2, 0.25) is 0 Å². The molecule has 2 bridgehead atoms. The Hall–Kier alpha value is -1.33. The lowest BCUT2D eigenvalue weighted by Gasteiger charge is -2.63. The van der Waals surface area contributed by atoms with Crippen LogP contribution in [0, 0.1) is 5.92 Å². The molecule has 0 amide bonds. The summed E-state index contributed by atoms with van der Waals surface area (Å²) in [6, 6.07) is 4.13. The van der Waals surface area contributed by atoms with Crippen molar-refractivity contribution in [2.24, 2.45) is 5.92 Å². The molecule has 2 heterocycles. The third-order valence-corrected chi connectivity index (χ3v) is 7.89. The summed E-state index contributed by atoms with van der Waals surface area (Å²) in [5.74, 6) is 2.14. The van der Waals surface area contributed by atoms with E-state index in [4.69, 9.17) is 9.47 Å². The second-order valence-electron chi connectivity index (χ2n) is 9.03. The molecule has 1 unspecified atom stereocenters. The van der Waals surface area contributed by atoms with Crippen LogP contribution in [0.3, 0.4) is 0 Å². The maximum atomic E-state index is 15.0. The minimum atomic E-state index is -1.03. The Morgan fingerprint density at radius 1 is 1.31 bits per heavy atom. The quantitative estimate of drug-likeness (QED) is 0.901. The fourth-order valence-corrected chi connectivity index (χ4v) is 6.57. The highest BCUT2D eigenvalue weighted by atomic mass is 19.1. The van der Waals surface area contributed by atoms with Crippen LogP contribution in [-0.2, 0) is 11.8 Å². The van der Waals surface area contributed by atoms with Crippen molar-refractivity contribution in [3.8, 4) is 11.5 Å². The van der Waals surface area contributed by atoms with Gasteiger partial charge in [-0.05, 0) is 62.6 Å². The number of alkyl halides is 1. The SMILES string of the molecule is COc1ccc2c3c1O[C@@H]1C(F)CC[C@]4(O)[C@H](C2)N(CC2CC2)CC[C@@]314. The Morgan fingerprint density at radius 3 is 2.92 bits per heavy atom. The van der Waals surface area contributed by atoms with Gasteiger partial charge in [0.1, 0.15) is 12.3 Å². The van der Waals surface area contributed by atoms with Crippen molar-refractivity contribution in [2.45, 2.75) is 67.9 Å². The molecule has 1 N–H and O–H groups in total. The average molecular weight is 359 g/mol. The third-order valence-electron chi connectivity index (χ3n) is 7.89. The van der Waals surface area contributed by atoms with Crippen LogP contribution in [0.2, 0.25) is 0 Å². The van der Waals surface area contributed by atoms with E-state index in [1.165, 1.54) is 18.4 Å². The number of benzene rings is 1. The van der Waals surface area contributed by atoms with Crippen LogP contribution < -0.4 is 9.47 Å². The summed E-state index contributed by atoms with van der Waals surface area (Å²) in [6.45, 7) is 2.00. The van der Waals surface area contributed by atoms with Crippen molar-refractivity contribution in [1.82, 2.24) is 4.90 Å². The molecular formula is C21H26FNO3. The summed E-state index contributed by atoms with van der Waals surface area (Å²) in [7, 11) is 1.63. The molecule has 0 radical (unpaired) electrons. The van der Waals surface area contributed by atoms with Crippen LogP contribution in [0.1, 0.15) is 43.2 Å². The Kier molecular flexibility index (Phi) is 2.98. The largest absolute Gasteiger partial charge is 0.493 e. The molecule has 2 saturated carbocycles.